The number of hydrogen-bond acceptors (Lipinski definition) is 5. The van der Waals surface area contributed by atoms with E-state index in [-0.39, 0.29) is 0 Å². The van der Waals surface area contributed by atoms with Gasteiger partial charge in [-0.05, 0) is 54.3 Å². The van der Waals surface area contributed by atoms with Crippen LogP contribution in [0.1, 0.15) is 12.0 Å². The van der Waals surface area contributed by atoms with E-state index >= 15 is 0 Å². The Morgan fingerprint density at radius 3 is 2.43 bits per heavy atom. The van der Waals surface area contributed by atoms with Crippen LogP contribution < -0.4 is 11.1 Å². The van der Waals surface area contributed by atoms with Crippen LogP contribution in [0.25, 0.3) is 22.4 Å². The standard InChI is InChI=1S/C24H22ClN5/c25-20-9-7-17(8-10-20)21-16-29-24(30-23(21)19-11-14-27-15-12-19)28-13-3-5-18-4-1-2-6-22(18)26/h1-2,4,6-12,14-16H,3,5,13,26H2,(H,28,29,30). The van der Waals surface area contributed by atoms with Crippen LogP contribution in [0.5, 0.6) is 0 Å². The number of nitrogen functional groups attached to an aromatic ring is 1. The minimum Gasteiger partial charge on any atom is -0.399 e. The number of anilines is 2. The summed E-state index contributed by atoms with van der Waals surface area (Å²) in [4.78, 5) is 13.4. The number of para-hydroxylation sites is 1. The number of nitrogens with one attached hydrogen (secondary N) is 1. The Hall–Kier alpha value is -3.44. The van der Waals surface area contributed by atoms with Gasteiger partial charge in [0.25, 0.3) is 0 Å². The summed E-state index contributed by atoms with van der Waals surface area (Å²) in [6.45, 7) is 0.754. The molecule has 0 unspecified atom stereocenters. The summed E-state index contributed by atoms with van der Waals surface area (Å²) < 4.78 is 0. The fourth-order valence-corrected chi connectivity index (χ4v) is 3.40. The molecule has 0 radical (unpaired) electrons. The van der Waals surface area contributed by atoms with E-state index in [9.17, 15) is 0 Å². The van der Waals surface area contributed by atoms with Gasteiger partial charge in [-0.3, -0.25) is 4.98 Å². The zero-order valence-electron chi connectivity index (χ0n) is 16.4. The molecule has 150 valence electrons. The van der Waals surface area contributed by atoms with Gasteiger partial charge in [0.05, 0.1) is 5.69 Å². The van der Waals surface area contributed by atoms with Gasteiger partial charge >= 0.3 is 0 Å². The van der Waals surface area contributed by atoms with Crippen molar-refractivity contribution in [3.8, 4) is 22.4 Å². The normalized spacial score (nSPS) is 10.7. The quantitative estimate of drug-likeness (QED) is 0.308. The number of nitrogens with zero attached hydrogens (tertiary/aromatic N) is 3. The molecule has 4 rings (SSSR count). The van der Waals surface area contributed by atoms with E-state index in [0.29, 0.717) is 11.0 Å². The average molecular weight is 416 g/mol. The molecular weight excluding hydrogens is 394 g/mol. The lowest BCUT2D eigenvalue weighted by Gasteiger charge is -2.12. The first-order valence-corrected chi connectivity index (χ1v) is 10.2. The molecule has 4 aromatic rings. The molecular formula is C24H22ClN5. The van der Waals surface area contributed by atoms with Gasteiger partial charge in [-0.25, -0.2) is 9.97 Å². The van der Waals surface area contributed by atoms with Crippen molar-refractivity contribution in [3.05, 3.63) is 89.8 Å². The SMILES string of the molecule is Nc1ccccc1CCCNc1ncc(-c2ccc(Cl)cc2)c(-c2ccncc2)n1. The third kappa shape index (κ3) is 4.75. The van der Waals surface area contributed by atoms with Crippen LogP contribution in [-0.2, 0) is 6.42 Å². The molecule has 2 aromatic carbocycles. The van der Waals surface area contributed by atoms with Crippen molar-refractivity contribution in [1.29, 1.82) is 0 Å². The molecule has 0 bridgehead atoms. The van der Waals surface area contributed by atoms with E-state index in [1.54, 1.807) is 12.4 Å². The molecule has 2 heterocycles. The zero-order valence-corrected chi connectivity index (χ0v) is 17.2. The Morgan fingerprint density at radius 1 is 0.900 bits per heavy atom. The highest BCUT2D eigenvalue weighted by Crippen LogP contribution is 2.31. The Balaban J connectivity index is 1.53. The molecule has 0 fully saturated rings. The number of halogens is 1. The Morgan fingerprint density at radius 2 is 1.67 bits per heavy atom. The molecule has 0 aliphatic rings. The van der Waals surface area contributed by atoms with E-state index in [4.69, 9.17) is 22.3 Å². The molecule has 0 aliphatic heterocycles. The molecule has 0 saturated carbocycles. The highest BCUT2D eigenvalue weighted by Gasteiger charge is 2.12. The van der Waals surface area contributed by atoms with Crippen molar-refractivity contribution in [3.63, 3.8) is 0 Å². The van der Waals surface area contributed by atoms with Crippen LogP contribution in [0.2, 0.25) is 5.02 Å². The summed E-state index contributed by atoms with van der Waals surface area (Å²) in [5, 5.41) is 4.03. The van der Waals surface area contributed by atoms with E-state index < -0.39 is 0 Å². The van der Waals surface area contributed by atoms with E-state index in [2.05, 4.69) is 21.4 Å². The summed E-state index contributed by atoms with van der Waals surface area (Å²) in [5.74, 6) is 0.598. The van der Waals surface area contributed by atoms with Crippen LogP contribution in [-0.4, -0.2) is 21.5 Å². The van der Waals surface area contributed by atoms with Gasteiger partial charge in [0, 0.05) is 47.0 Å². The highest BCUT2D eigenvalue weighted by atomic mass is 35.5. The number of aromatic nitrogens is 3. The van der Waals surface area contributed by atoms with Gasteiger partial charge in [-0.15, -0.1) is 0 Å². The van der Waals surface area contributed by atoms with Gasteiger partial charge in [0.15, 0.2) is 0 Å². The van der Waals surface area contributed by atoms with Crippen molar-refractivity contribution >= 4 is 23.2 Å². The lowest BCUT2D eigenvalue weighted by Crippen LogP contribution is -2.08. The number of hydrogen-bond donors (Lipinski definition) is 2. The van der Waals surface area contributed by atoms with Crippen LogP contribution >= 0.6 is 11.6 Å². The summed E-state index contributed by atoms with van der Waals surface area (Å²) in [7, 11) is 0. The number of pyridine rings is 1. The minimum absolute atomic E-state index is 0.598. The fraction of sp³-hybridized carbons (Fsp3) is 0.125. The predicted molar refractivity (Wildman–Crippen MR) is 123 cm³/mol. The average Bonchev–Trinajstić information content (AvgIpc) is 2.79. The van der Waals surface area contributed by atoms with Crippen molar-refractivity contribution in [1.82, 2.24) is 15.0 Å². The van der Waals surface area contributed by atoms with E-state index in [0.717, 1.165) is 53.0 Å². The van der Waals surface area contributed by atoms with Crippen LogP contribution in [0.4, 0.5) is 11.6 Å². The maximum absolute atomic E-state index is 6.05. The first-order chi connectivity index (χ1) is 14.7. The second kappa shape index (κ2) is 9.37. The Kier molecular flexibility index (Phi) is 6.20. The fourth-order valence-electron chi connectivity index (χ4n) is 3.28. The molecule has 6 heteroatoms. The molecule has 0 spiro atoms. The Labute approximate surface area is 181 Å². The topological polar surface area (TPSA) is 76.7 Å². The molecule has 30 heavy (non-hydrogen) atoms. The zero-order chi connectivity index (χ0) is 20.8. The summed E-state index contributed by atoms with van der Waals surface area (Å²) in [6.07, 6.45) is 7.21. The second-order valence-electron chi connectivity index (χ2n) is 6.93. The molecule has 0 atom stereocenters. The smallest absolute Gasteiger partial charge is 0.223 e. The van der Waals surface area contributed by atoms with Gasteiger partial charge in [-0.1, -0.05) is 41.9 Å². The van der Waals surface area contributed by atoms with Gasteiger partial charge < -0.3 is 11.1 Å². The second-order valence-corrected chi connectivity index (χ2v) is 7.36. The monoisotopic (exact) mass is 415 g/mol. The first-order valence-electron chi connectivity index (χ1n) is 9.81. The van der Waals surface area contributed by atoms with Gasteiger partial charge in [-0.2, -0.15) is 0 Å². The molecule has 2 aromatic heterocycles. The number of nitrogens with two attached hydrogens (primary N) is 1. The van der Waals surface area contributed by atoms with E-state index in [1.807, 2.05) is 60.8 Å². The van der Waals surface area contributed by atoms with Crippen molar-refractivity contribution < 1.29 is 0 Å². The van der Waals surface area contributed by atoms with Gasteiger partial charge in [0.2, 0.25) is 5.95 Å². The molecule has 0 amide bonds. The highest BCUT2D eigenvalue weighted by molar-refractivity contribution is 6.30. The van der Waals surface area contributed by atoms with Crippen LogP contribution in [0.3, 0.4) is 0 Å². The summed E-state index contributed by atoms with van der Waals surface area (Å²) >= 11 is 6.05. The van der Waals surface area contributed by atoms with Crippen molar-refractivity contribution in [2.45, 2.75) is 12.8 Å². The molecule has 3 N–H and O–H groups in total. The molecule has 5 nitrogen and oxygen atoms in total. The largest absolute Gasteiger partial charge is 0.399 e. The lowest BCUT2D eigenvalue weighted by atomic mass is 10.0. The van der Waals surface area contributed by atoms with Crippen LogP contribution in [0, 0.1) is 0 Å². The first kappa shape index (κ1) is 19.9. The Bertz CT molecular complexity index is 1110. The van der Waals surface area contributed by atoms with Crippen molar-refractivity contribution in [2.75, 3.05) is 17.6 Å². The molecule has 0 saturated heterocycles. The third-order valence-corrected chi connectivity index (χ3v) is 5.11. The minimum atomic E-state index is 0.598. The van der Waals surface area contributed by atoms with Gasteiger partial charge in [0.1, 0.15) is 0 Å². The molecule has 0 aliphatic carbocycles. The maximum Gasteiger partial charge on any atom is 0.223 e. The van der Waals surface area contributed by atoms with Crippen molar-refractivity contribution in [2.24, 2.45) is 0 Å². The summed E-state index contributed by atoms with van der Waals surface area (Å²) in [6, 6.07) is 19.5. The number of benzene rings is 2. The number of rotatable bonds is 7. The van der Waals surface area contributed by atoms with Crippen LogP contribution in [0.15, 0.2) is 79.3 Å². The maximum atomic E-state index is 6.05. The number of aryl methyl sites for hydroxylation is 1. The lowest BCUT2D eigenvalue weighted by molar-refractivity contribution is 0.855. The predicted octanol–water partition coefficient (Wildman–Crippen LogP) is 5.49. The van der Waals surface area contributed by atoms with E-state index in [1.165, 1.54) is 0 Å². The third-order valence-electron chi connectivity index (χ3n) is 4.86. The summed E-state index contributed by atoms with van der Waals surface area (Å²) in [5.41, 5.74) is 11.8.